The van der Waals surface area contributed by atoms with E-state index in [4.69, 9.17) is 18.3 Å². The molecule has 2 aliphatic rings. The van der Waals surface area contributed by atoms with Crippen molar-refractivity contribution >= 4 is 31.4 Å². The maximum absolute atomic E-state index is 12.7. The number of carbonyl (C=O) groups is 1. The van der Waals surface area contributed by atoms with Crippen LogP contribution in [0.25, 0.3) is 0 Å². The lowest BCUT2D eigenvalue weighted by Gasteiger charge is -2.37. The van der Waals surface area contributed by atoms with Crippen LogP contribution in [0.2, 0.25) is 13.1 Å². The highest BCUT2D eigenvalue weighted by atomic mass is 28.2. The van der Waals surface area contributed by atoms with Gasteiger partial charge < -0.3 is 33.3 Å². The van der Waals surface area contributed by atoms with Crippen molar-refractivity contribution in [3.63, 3.8) is 0 Å². The van der Waals surface area contributed by atoms with Crippen molar-refractivity contribution in [2.45, 2.75) is 64.3 Å². The normalized spacial score (nSPS) is 21.0. The van der Waals surface area contributed by atoms with E-state index in [1.807, 2.05) is 19.1 Å². The first-order valence-corrected chi connectivity index (χ1v) is 17.4. The summed E-state index contributed by atoms with van der Waals surface area (Å²) < 4.78 is 25.2. The van der Waals surface area contributed by atoms with E-state index >= 15 is 0 Å². The second-order valence-corrected chi connectivity index (χ2v) is 12.6. The Labute approximate surface area is 233 Å². The van der Waals surface area contributed by atoms with E-state index < -0.39 is 30.1 Å². The number of rotatable bonds is 11. The molecule has 0 N–H and O–H groups in total. The Morgan fingerprint density at radius 3 is 2.38 bits per heavy atom. The van der Waals surface area contributed by atoms with E-state index in [1.54, 1.807) is 9.47 Å². The Morgan fingerprint density at radius 1 is 1.18 bits per heavy atom. The smallest absolute Gasteiger partial charge is 0.415 e. The van der Waals surface area contributed by atoms with Crippen molar-refractivity contribution in [2.75, 3.05) is 32.7 Å². The van der Waals surface area contributed by atoms with Gasteiger partial charge in [0.2, 0.25) is 0 Å². The minimum Gasteiger partial charge on any atom is -0.445 e. The third kappa shape index (κ3) is 6.87. The zero-order chi connectivity index (χ0) is 28.2. The van der Waals surface area contributed by atoms with Gasteiger partial charge in [0.15, 0.2) is 19.5 Å². The minimum absolute atomic E-state index is 0.210. The predicted molar refractivity (Wildman–Crippen MR) is 150 cm³/mol. The van der Waals surface area contributed by atoms with Crippen LogP contribution in [0, 0.1) is 10.1 Å². The summed E-state index contributed by atoms with van der Waals surface area (Å²) in [7, 11) is -1.19. The molecule has 39 heavy (non-hydrogen) atoms. The molecule has 1 unspecified atom stereocenters. The number of aromatic nitrogens is 2. The molecule has 1 atom stereocenters. The van der Waals surface area contributed by atoms with Crippen LogP contribution >= 0.6 is 0 Å². The van der Waals surface area contributed by atoms with Crippen molar-refractivity contribution in [1.82, 2.24) is 19.4 Å². The van der Waals surface area contributed by atoms with E-state index in [0.29, 0.717) is 39.3 Å². The molecule has 1 amide bonds. The monoisotopic (exact) mass is 577 g/mol. The topological polar surface area (TPSA) is 121 Å². The van der Waals surface area contributed by atoms with Crippen LogP contribution in [0.4, 0.5) is 10.6 Å². The van der Waals surface area contributed by atoms with Gasteiger partial charge >= 0.3 is 17.9 Å². The summed E-state index contributed by atoms with van der Waals surface area (Å²) >= 11 is 0. The second kappa shape index (κ2) is 12.2. The fourth-order valence-electron chi connectivity index (χ4n) is 5.10. The molecule has 1 fully saturated rings. The van der Waals surface area contributed by atoms with Gasteiger partial charge in [-0.3, -0.25) is 9.47 Å². The molecule has 4 rings (SSSR count). The molecule has 12 nitrogen and oxygen atoms in total. The van der Waals surface area contributed by atoms with Crippen LogP contribution in [0.1, 0.15) is 31.9 Å². The first-order valence-electron chi connectivity index (χ1n) is 13.4. The molecule has 0 bridgehead atoms. The van der Waals surface area contributed by atoms with Crippen molar-refractivity contribution in [1.29, 1.82) is 0 Å². The standard InChI is InChI=1S/C25H39N5O7Si2/c1-24(2,21(36-38-4)37-39-5)19-8-6-18(7-9-19)15-34-23(31)28-12-10-27(11-13-28)16-25(3)17-29-14-20(30(32)33)26-22(29)35-25/h6-9,14,21H,10-13,15-17,38-39H2,1-5H3. The molecule has 0 saturated carbocycles. The minimum atomic E-state index is -0.596. The van der Waals surface area contributed by atoms with E-state index in [2.05, 4.69) is 49.0 Å². The Morgan fingerprint density at radius 2 is 1.82 bits per heavy atom. The van der Waals surface area contributed by atoms with Gasteiger partial charge in [-0.25, -0.2) is 4.79 Å². The summed E-state index contributed by atoms with van der Waals surface area (Å²) in [5, 5.41) is 10.9. The second-order valence-electron chi connectivity index (χ2n) is 10.8. The van der Waals surface area contributed by atoms with Crippen LogP contribution in [-0.4, -0.2) is 94.5 Å². The number of imidazole rings is 1. The average Bonchev–Trinajstić information content (AvgIpc) is 3.43. The van der Waals surface area contributed by atoms with Gasteiger partial charge in [0.05, 0.1) is 6.54 Å². The van der Waals surface area contributed by atoms with E-state index in [1.165, 1.54) is 6.20 Å². The van der Waals surface area contributed by atoms with Crippen molar-refractivity contribution < 1.29 is 28.0 Å². The molecule has 1 aromatic heterocycles. The summed E-state index contributed by atoms with van der Waals surface area (Å²) in [5.41, 5.74) is 1.26. The molecule has 0 aliphatic carbocycles. The maximum Gasteiger partial charge on any atom is 0.415 e. The number of carbonyl (C=O) groups excluding carboxylic acids is 1. The van der Waals surface area contributed by atoms with Crippen LogP contribution in [0.5, 0.6) is 6.01 Å². The fraction of sp³-hybridized carbons (Fsp3) is 0.600. The van der Waals surface area contributed by atoms with E-state index in [9.17, 15) is 14.9 Å². The molecule has 3 heterocycles. The fourth-order valence-corrected chi connectivity index (χ4v) is 6.92. The number of amides is 1. The number of piperazine rings is 1. The van der Waals surface area contributed by atoms with Crippen LogP contribution in [0.15, 0.2) is 30.5 Å². The van der Waals surface area contributed by atoms with Crippen LogP contribution < -0.4 is 4.74 Å². The highest BCUT2D eigenvalue weighted by Gasteiger charge is 2.42. The maximum atomic E-state index is 12.7. The first-order chi connectivity index (χ1) is 18.5. The van der Waals surface area contributed by atoms with Crippen LogP contribution in [-0.2, 0) is 32.2 Å². The number of nitrogens with zero attached hydrogens (tertiary/aromatic N) is 5. The third-order valence-corrected chi connectivity index (χ3v) is 8.50. The van der Waals surface area contributed by atoms with Gasteiger partial charge in [-0.1, -0.05) is 51.2 Å². The van der Waals surface area contributed by atoms with Gasteiger partial charge in [-0.15, -0.1) is 0 Å². The number of benzene rings is 1. The zero-order valence-corrected chi connectivity index (χ0v) is 26.3. The summed E-state index contributed by atoms with van der Waals surface area (Å²) in [6.45, 7) is 14.3. The van der Waals surface area contributed by atoms with Crippen molar-refractivity contribution in [2.24, 2.45) is 0 Å². The Hall–Kier alpha value is -2.79. The molecule has 214 valence electrons. The summed E-state index contributed by atoms with van der Waals surface area (Å²) in [6, 6.07) is 8.38. The Bertz CT molecular complexity index is 1120. The van der Waals surface area contributed by atoms with Crippen molar-refractivity contribution in [3.05, 3.63) is 51.7 Å². The van der Waals surface area contributed by atoms with Gasteiger partial charge in [0, 0.05) is 43.1 Å². The van der Waals surface area contributed by atoms with Crippen LogP contribution in [0.3, 0.4) is 0 Å². The predicted octanol–water partition coefficient (Wildman–Crippen LogP) is 1.80. The number of hydrogen-bond acceptors (Lipinski definition) is 9. The molecular weight excluding hydrogens is 538 g/mol. The van der Waals surface area contributed by atoms with Crippen molar-refractivity contribution in [3.8, 4) is 6.01 Å². The summed E-state index contributed by atoms with van der Waals surface area (Å²) in [4.78, 5) is 31.0. The highest BCUT2D eigenvalue weighted by Crippen LogP contribution is 2.32. The SMILES string of the molecule is C[SiH2]OC(O[SiH2]C)C(C)(C)c1ccc(COC(=O)N2CCN(CC3(C)Cn4cc([N+](=O)[O-])nc4O3)CC2)cc1. The molecular formula is C25H39N5O7Si2. The zero-order valence-electron chi connectivity index (χ0n) is 23.4. The molecule has 0 spiro atoms. The Balaban J connectivity index is 1.22. The number of fused-ring (bicyclic) bond motifs is 1. The Kier molecular flexibility index (Phi) is 9.11. The van der Waals surface area contributed by atoms with Gasteiger partial charge in [-0.05, 0) is 23.0 Å². The number of nitro groups is 1. The third-order valence-electron chi connectivity index (χ3n) is 7.23. The largest absolute Gasteiger partial charge is 0.445 e. The molecule has 2 aliphatic heterocycles. The quantitative estimate of drug-likeness (QED) is 0.170. The van der Waals surface area contributed by atoms with Gasteiger partial charge in [0.1, 0.15) is 24.7 Å². The number of hydrogen-bond donors (Lipinski definition) is 0. The molecule has 1 aromatic carbocycles. The average molecular weight is 578 g/mol. The molecule has 0 radical (unpaired) electrons. The first kappa shape index (κ1) is 29.2. The van der Waals surface area contributed by atoms with Gasteiger partial charge in [0.25, 0.3) is 0 Å². The summed E-state index contributed by atoms with van der Waals surface area (Å²) in [6.07, 6.45) is 0.863. The molecule has 14 heteroatoms. The highest BCUT2D eigenvalue weighted by molar-refractivity contribution is 6.26. The van der Waals surface area contributed by atoms with Gasteiger partial charge in [-0.2, -0.15) is 0 Å². The lowest BCUT2D eigenvalue weighted by atomic mass is 9.83. The summed E-state index contributed by atoms with van der Waals surface area (Å²) in [5.74, 6) is -0.210. The molecule has 1 saturated heterocycles. The lowest BCUT2D eigenvalue weighted by Crippen LogP contribution is -2.53. The lowest BCUT2D eigenvalue weighted by molar-refractivity contribution is -0.389. The van der Waals surface area contributed by atoms with E-state index in [0.717, 1.165) is 11.1 Å². The number of ether oxygens (including phenoxy) is 2. The van der Waals surface area contributed by atoms with E-state index in [-0.39, 0.29) is 36.2 Å². The molecule has 2 aromatic rings.